The van der Waals surface area contributed by atoms with Crippen molar-refractivity contribution in [2.45, 2.75) is 50.6 Å². The molecule has 1 aliphatic carbocycles. The SMILES string of the molecule is O=C(N[C@@H]1CCN(C2CCCCC2)C1=O)c1cc(F)c(O)c(F)c1. The number of phenolic OH excluding ortho intramolecular Hbond substituents is 1. The molecule has 5 nitrogen and oxygen atoms in total. The summed E-state index contributed by atoms with van der Waals surface area (Å²) < 4.78 is 26.7. The van der Waals surface area contributed by atoms with E-state index >= 15 is 0 Å². The fraction of sp³-hybridized carbons (Fsp3) is 0.529. The summed E-state index contributed by atoms with van der Waals surface area (Å²) in [5.74, 6) is -4.39. The number of aromatic hydroxyl groups is 1. The molecule has 1 atom stereocenters. The van der Waals surface area contributed by atoms with Crippen molar-refractivity contribution in [2.75, 3.05) is 6.54 Å². The van der Waals surface area contributed by atoms with Crippen LogP contribution in [0.4, 0.5) is 8.78 Å². The van der Waals surface area contributed by atoms with E-state index in [-0.39, 0.29) is 17.5 Å². The first kappa shape index (κ1) is 16.7. The van der Waals surface area contributed by atoms with E-state index in [1.165, 1.54) is 6.42 Å². The Labute approximate surface area is 138 Å². The summed E-state index contributed by atoms with van der Waals surface area (Å²) in [5, 5.41) is 11.6. The zero-order valence-electron chi connectivity index (χ0n) is 13.2. The van der Waals surface area contributed by atoms with Crippen LogP contribution in [0.25, 0.3) is 0 Å². The Morgan fingerprint density at radius 1 is 1.12 bits per heavy atom. The lowest BCUT2D eigenvalue weighted by atomic mass is 9.94. The predicted molar refractivity (Wildman–Crippen MR) is 82.5 cm³/mol. The Kier molecular flexibility index (Phi) is 4.69. The molecule has 0 aromatic heterocycles. The molecule has 0 bridgehead atoms. The minimum atomic E-state index is -1.21. The van der Waals surface area contributed by atoms with Crippen LogP contribution in [0.3, 0.4) is 0 Å². The van der Waals surface area contributed by atoms with Crippen LogP contribution in [0.2, 0.25) is 0 Å². The number of carbonyl (C=O) groups is 2. The molecule has 0 spiro atoms. The van der Waals surface area contributed by atoms with E-state index in [9.17, 15) is 18.4 Å². The van der Waals surface area contributed by atoms with Gasteiger partial charge in [-0.15, -0.1) is 0 Å². The number of phenols is 1. The maximum atomic E-state index is 13.4. The molecule has 2 fully saturated rings. The average molecular weight is 338 g/mol. The number of benzene rings is 1. The normalized spacial score (nSPS) is 22.0. The molecule has 1 aromatic carbocycles. The third kappa shape index (κ3) is 3.20. The summed E-state index contributed by atoms with van der Waals surface area (Å²) in [6, 6.07) is 1.08. The van der Waals surface area contributed by atoms with Gasteiger partial charge < -0.3 is 15.3 Å². The number of rotatable bonds is 3. The van der Waals surface area contributed by atoms with Crippen LogP contribution < -0.4 is 5.32 Å². The number of hydrogen-bond acceptors (Lipinski definition) is 3. The Balaban J connectivity index is 1.66. The maximum absolute atomic E-state index is 13.4. The van der Waals surface area contributed by atoms with Crippen LogP contribution in [-0.4, -0.2) is 40.4 Å². The van der Waals surface area contributed by atoms with Crippen LogP contribution in [0.5, 0.6) is 5.75 Å². The van der Waals surface area contributed by atoms with E-state index in [1.807, 2.05) is 4.90 Å². The van der Waals surface area contributed by atoms with E-state index in [2.05, 4.69) is 5.32 Å². The lowest BCUT2D eigenvalue weighted by Crippen LogP contribution is -2.45. The van der Waals surface area contributed by atoms with Gasteiger partial charge in [-0.1, -0.05) is 19.3 Å². The van der Waals surface area contributed by atoms with Gasteiger partial charge in [0, 0.05) is 18.2 Å². The van der Waals surface area contributed by atoms with Gasteiger partial charge in [0.25, 0.3) is 5.91 Å². The second kappa shape index (κ2) is 6.75. The first-order valence-electron chi connectivity index (χ1n) is 8.26. The molecule has 1 heterocycles. The number of halogens is 2. The van der Waals surface area contributed by atoms with Crippen LogP contribution in [-0.2, 0) is 4.79 Å². The third-order valence-corrected chi connectivity index (χ3v) is 4.84. The zero-order valence-corrected chi connectivity index (χ0v) is 13.2. The molecule has 2 aliphatic rings. The summed E-state index contributed by atoms with van der Waals surface area (Å²) in [6.45, 7) is 0.590. The molecule has 3 rings (SSSR count). The van der Waals surface area contributed by atoms with Crippen LogP contribution in [0, 0.1) is 11.6 Å². The smallest absolute Gasteiger partial charge is 0.252 e. The Bertz CT molecular complexity index is 636. The molecule has 7 heteroatoms. The van der Waals surface area contributed by atoms with Crippen molar-refractivity contribution >= 4 is 11.8 Å². The van der Waals surface area contributed by atoms with E-state index in [0.29, 0.717) is 13.0 Å². The molecule has 1 saturated heterocycles. The fourth-order valence-electron chi connectivity index (χ4n) is 3.53. The van der Waals surface area contributed by atoms with E-state index in [0.717, 1.165) is 37.8 Å². The second-order valence-corrected chi connectivity index (χ2v) is 6.43. The molecule has 2 amide bonds. The highest BCUT2D eigenvalue weighted by atomic mass is 19.1. The first-order valence-corrected chi connectivity index (χ1v) is 8.26. The van der Waals surface area contributed by atoms with Gasteiger partial charge >= 0.3 is 0 Å². The predicted octanol–water partition coefficient (Wildman–Crippen LogP) is 2.33. The number of carbonyl (C=O) groups excluding carboxylic acids is 2. The molecule has 2 N–H and O–H groups in total. The molecular formula is C17H20F2N2O3. The highest BCUT2D eigenvalue weighted by Crippen LogP contribution is 2.27. The van der Waals surface area contributed by atoms with Crippen molar-refractivity contribution in [1.29, 1.82) is 0 Å². The van der Waals surface area contributed by atoms with Gasteiger partial charge in [0.2, 0.25) is 5.91 Å². The lowest BCUT2D eigenvalue weighted by molar-refractivity contribution is -0.131. The third-order valence-electron chi connectivity index (χ3n) is 4.84. The molecular weight excluding hydrogens is 318 g/mol. The summed E-state index contributed by atoms with van der Waals surface area (Å²) in [5.41, 5.74) is -0.258. The minimum absolute atomic E-state index is 0.130. The fourth-order valence-corrected chi connectivity index (χ4v) is 3.53. The standard InChI is InChI=1S/C17H20F2N2O3/c18-12-8-10(9-13(19)15(12)22)16(23)20-14-6-7-21(17(14)24)11-4-2-1-3-5-11/h8-9,11,14,22H,1-7H2,(H,20,23)/t14-/m1/s1. The molecule has 1 aliphatic heterocycles. The first-order chi connectivity index (χ1) is 11.5. The van der Waals surface area contributed by atoms with Gasteiger partial charge in [-0.25, -0.2) is 8.78 Å². The van der Waals surface area contributed by atoms with E-state index in [1.54, 1.807) is 0 Å². The number of hydrogen-bond donors (Lipinski definition) is 2. The molecule has 1 saturated carbocycles. The largest absolute Gasteiger partial charge is 0.503 e. The van der Waals surface area contributed by atoms with Crippen molar-refractivity contribution in [3.8, 4) is 5.75 Å². The van der Waals surface area contributed by atoms with E-state index < -0.39 is 29.3 Å². The topological polar surface area (TPSA) is 69.6 Å². The van der Waals surface area contributed by atoms with Crippen molar-refractivity contribution in [3.05, 3.63) is 29.3 Å². The molecule has 0 unspecified atom stereocenters. The van der Waals surface area contributed by atoms with Gasteiger partial charge in [-0.3, -0.25) is 9.59 Å². The molecule has 0 radical (unpaired) electrons. The summed E-state index contributed by atoms with van der Waals surface area (Å²) in [4.78, 5) is 26.5. The number of nitrogens with one attached hydrogen (secondary N) is 1. The van der Waals surface area contributed by atoms with Crippen LogP contribution in [0.1, 0.15) is 48.9 Å². The lowest BCUT2D eigenvalue weighted by Gasteiger charge is -2.31. The Morgan fingerprint density at radius 3 is 2.38 bits per heavy atom. The quantitative estimate of drug-likeness (QED) is 0.889. The number of nitrogens with zero attached hydrogens (tertiary/aromatic N) is 1. The number of likely N-dealkylation sites (tertiary alicyclic amines) is 1. The highest BCUT2D eigenvalue weighted by molar-refractivity contribution is 5.98. The van der Waals surface area contributed by atoms with Crippen molar-refractivity contribution in [2.24, 2.45) is 0 Å². The molecule has 1 aromatic rings. The van der Waals surface area contributed by atoms with Crippen molar-refractivity contribution in [3.63, 3.8) is 0 Å². The minimum Gasteiger partial charge on any atom is -0.503 e. The van der Waals surface area contributed by atoms with Crippen molar-refractivity contribution < 1.29 is 23.5 Å². The van der Waals surface area contributed by atoms with Gasteiger partial charge in [-0.2, -0.15) is 0 Å². The Hall–Kier alpha value is -2.18. The zero-order chi connectivity index (χ0) is 17.3. The van der Waals surface area contributed by atoms with Gasteiger partial charge in [0.1, 0.15) is 6.04 Å². The molecule has 130 valence electrons. The summed E-state index contributed by atoms with van der Waals surface area (Å²) >= 11 is 0. The summed E-state index contributed by atoms with van der Waals surface area (Å²) in [6.07, 6.45) is 5.87. The summed E-state index contributed by atoms with van der Waals surface area (Å²) in [7, 11) is 0. The Morgan fingerprint density at radius 2 is 1.75 bits per heavy atom. The highest BCUT2D eigenvalue weighted by Gasteiger charge is 2.37. The van der Waals surface area contributed by atoms with Gasteiger partial charge in [0.15, 0.2) is 17.4 Å². The van der Waals surface area contributed by atoms with E-state index in [4.69, 9.17) is 5.11 Å². The van der Waals surface area contributed by atoms with Crippen LogP contribution in [0.15, 0.2) is 12.1 Å². The van der Waals surface area contributed by atoms with Gasteiger partial charge in [0.05, 0.1) is 0 Å². The van der Waals surface area contributed by atoms with Gasteiger partial charge in [-0.05, 0) is 31.4 Å². The number of amides is 2. The van der Waals surface area contributed by atoms with Crippen LogP contribution >= 0.6 is 0 Å². The second-order valence-electron chi connectivity index (χ2n) is 6.43. The average Bonchev–Trinajstić information content (AvgIpc) is 2.93. The van der Waals surface area contributed by atoms with Crippen molar-refractivity contribution in [1.82, 2.24) is 10.2 Å². The molecule has 24 heavy (non-hydrogen) atoms. The monoisotopic (exact) mass is 338 g/mol. The maximum Gasteiger partial charge on any atom is 0.252 e.